The fourth-order valence-electron chi connectivity index (χ4n) is 7.43. The first-order valence-corrected chi connectivity index (χ1v) is 19.1. The highest BCUT2D eigenvalue weighted by Crippen LogP contribution is 2.36. The Hall–Kier alpha value is -6.60. The Morgan fingerprint density at radius 2 is 0.732 bits per heavy atom. The number of hydrazine groups is 2. The highest BCUT2D eigenvalue weighted by molar-refractivity contribution is 6.09. The first-order valence-electron chi connectivity index (χ1n) is 19.1. The van der Waals surface area contributed by atoms with Gasteiger partial charge >= 0.3 is 0 Å². The van der Waals surface area contributed by atoms with E-state index in [1.54, 1.807) is 5.01 Å². The van der Waals surface area contributed by atoms with Gasteiger partial charge in [-0.1, -0.05) is 182 Å². The van der Waals surface area contributed by atoms with Gasteiger partial charge in [0, 0.05) is 6.54 Å². The number of carbonyl (C=O) groups excluding carboxylic acids is 2. The second-order valence-corrected chi connectivity index (χ2v) is 14.0. The van der Waals surface area contributed by atoms with Crippen LogP contribution in [0.2, 0.25) is 0 Å². The second-order valence-electron chi connectivity index (χ2n) is 14.0. The van der Waals surface area contributed by atoms with Gasteiger partial charge < -0.3 is 0 Å². The van der Waals surface area contributed by atoms with E-state index >= 15 is 4.79 Å². The van der Waals surface area contributed by atoms with Gasteiger partial charge in [0.1, 0.15) is 0 Å². The molecule has 7 aromatic carbocycles. The van der Waals surface area contributed by atoms with Gasteiger partial charge in [-0.3, -0.25) is 20.0 Å². The summed E-state index contributed by atoms with van der Waals surface area (Å²) in [4.78, 5) is 30.3. The molecule has 7 aromatic rings. The zero-order valence-electron chi connectivity index (χ0n) is 31.4. The minimum Gasteiger partial charge on any atom is -0.290 e. The number of hydrogen-bond donors (Lipinski definition) is 3. The molecule has 0 fully saturated rings. The third-order valence-corrected chi connectivity index (χ3v) is 10.2. The summed E-state index contributed by atoms with van der Waals surface area (Å²) >= 11 is 0. The molecule has 6 heteroatoms. The maximum Gasteiger partial charge on any atom is 0.269 e. The van der Waals surface area contributed by atoms with Crippen molar-refractivity contribution in [1.82, 2.24) is 15.9 Å². The van der Waals surface area contributed by atoms with E-state index in [2.05, 4.69) is 59.4 Å². The maximum absolute atomic E-state index is 15.7. The molecule has 278 valence electrons. The Balaban J connectivity index is 1.53. The van der Waals surface area contributed by atoms with E-state index in [4.69, 9.17) is 5.84 Å². The molecule has 0 atom stereocenters. The molecular weight excluding hydrogens is 689 g/mol. The number of benzene rings is 7. The Bertz CT molecular complexity index is 2340. The van der Waals surface area contributed by atoms with Crippen LogP contribution in [0.5, 0.6) is 0 Å². The highest BCUT2D eigenvalue weighted by atomic mass is 16.2. The maximum atomic E-state index is 15.7. The average Bonchev–Trinajstić information content (AvgIpc) is 3.25. The van der Waals surface area contributed by atoms with Crippen molar-refractivity contribution in [2.45, 2.75) is 38.8 Å². The van der Waals surface area contributed by atoms with Crippen LogP contribution in [-0.2, 0) is 38.8 Å². The Labute approximate surface area is 329 Å². The van der Waals surface area contributed by atoms with Crippen molar-refractivity contribution >= 4 is 11.8 Å². The molecule has 0 aromatic heterocycles. The van der Waals surface area contributed by atoms with Gasteiger partial charge in [-0.05, 0) is 81.3 Å². The zero-order valence-corrected chi connectivity index (χ0v) is 31.4. The number of hydrogen-bond acceptors (Lipinski definition) is 4. The number of carbonyl (C=O) groups is 2. The van der Waals surface area contributed by atoms with Crippen LogP contribution in [0.4, 0.5) is 0 Å². The summed E-state index contributed by atoms with van der Waals surface area (Å²) in [6.45, 7) is 0.681. The summed E-state index contributed by atoms with van der Waals surface area (Å²) in [5, 5.41) is 1.66. The molecule has 0 spiro atoms. The molecule has 0 heterocycles. The molecule has 56 heavy (non-hydrogen) atoms. The summed E-state index contributed by atoms with van der Waals surface area (Å²) < 4.78 is 0. The van der Waals surface area contributed by atoms with E-state index in [1.165, 1.54) is 0 Å². The molecule has 2 amide bonds. The van der Waals surface area contributed by atoms with Gasteiger partial charge in [0.05, 0.1) is 17.7 Å². The monoisotopic (exact) mass is 734 g/mol. The highest BCUT2D eigenvalue weighted by Gasteiger charge is 2.33. The zero-order chi connectivity index (χ0) is 38.5. The van der Waals surface area contributed by atoms with Crippen LogP contribution in [-0.4, -0.2) is 16.8 Å². The standard InChI is InChI=1S/C50H46N4O2/c51-53-49(55)47-45(33-39-23-11-3-12-24-39)43(31-37-19-7-1-8-20-37)44(32-38-21-9-2-10-22-38)46(34-40-25-13-4-14-26-40)48(47)50(56)54(36-42-29-17-6-18-30-42)52-35-41-27-15-5-16-28-41/h1-30,52H,31-36,51H2,(H,53,55). The first-order chi connectivity index (χ1) is 27.6. The van der Waals surface area contributed by atoms with E-state index in [1.807, 2.05) is 133 Å². The van der Waals surface area contributed by atoms with Crippen LogP contribution in [0.1, 0.15) is 76.4 Å². The lowest BCUT2D eigenvalue weighted by atomic mass is 9.78. The summed E-state index contributed by atoms with van der Waals surface area (Å²) in [6, 6.07) is 60.9. The van der Waals surface area contributed by atoms with Crippen molar-refractivity contribution in [3.8, 4) is 0 Å². The van der Waals surface area contributed by atoms with Crippen LogP contribution in [0, 0.1) is 0 Å². The molecule has 0 radical (unpaired) electrons. The van der Waals surface area contributed by atoms with E-state index < -0.39 is 5.91 Å². The second kappa shape index (κ2) is 18.6. The Kier molecular flexibility index (Phi) is 12.5. The predicted molar refractivity (Wildman–Crippen MR) is 225 cm³/mol. The predicted octanol–water partition coefficient (Wildman–Crippen LogP) is 9.00. The lowest BCUT2D eigenvalue weighted by Gasteiger charge is -2.30. The molecule has 0 bridgehead atoms. The van der Waals surface area contributed by atoms with Crippen LogP contribution >= 0.6 is 0 Å². The van der Waals surface area contributed by atoms with Gasteiger partial charge in [-0.2, -0.15) is 0 Å². The molecule has 0 aliphatic carbocycles. The Morgan fingerprint density at radius 3 is 1.11 bits per heavy atom. The molecule has 0 saturated heterocycles. The van der Waals surface area contributed by atoms with Crippen LogP contribution < -0.4 is 16.7 Å². The fourth-order valence-corrected chi connectivity index (χ4v) is 7.43. The molecular formula is C50H46N4O2. The van der Waals surface area contributed by atoms with Gasteiger partial charge in [-0.25, -0.2) is 11.3 Å². The normalized spacial score (nSPS) is 10.9. The summed E-state index contributed by atoms with van der Waals surface area (Å²) in [5.41, 5.74) is 16.5. The molecule has 0 aliphatic rings. The van der Waals surface area contributed by atoms with E-state index in [-0.39, 0.29) is 12.5 Å². The van der Waals surface area contributed by atoms with Crippen molar-refractivity contribution in [2.75, 3.05) is 0 Å². The summed E-state index contributed by atoms with van der Waals surface area (Å²) in [7, 11) is 0. The number of nitrogens with one attached hydrogen (secondary N) is 2. The summed E-state index contributed by atoms with van der Waals surface area (Å²) in [6.07, 6.45) is 1.98. The molecule has 0 unspecified atom stereocenters. The molecule has 4 N–H and O–H groups in total. The van der Waals surface area contributed by atoms with Gasteiger partial charge in [0.25, 0.3) is 11.8 Å². The third kappa shape index (κ3) is 9.36. The van der Waals surface area contributed by atoms with Crippen molar-refractivity contribution < 1.29 is 9.59 Å². The largest absolute Gasteiger partial charge is 0.290 e. The quantitative estimate of drug-likeness (QED) is 0.0558. The summed E-state index contributed by atoms with van der Waals surface area (Å²) in [5.74, 6) is 5.29. The topological polar surface area (TPSA) is 87.5 Å². The minimum atomic E-state index is -0.503. The van der Waals surface area contributed by atoms with E-state index in [9.17, 15) is 4.79 Å². The van der Waals surface area contributed by atoms with E-state index in [0.717, 1.165) is 55.6 Å². The molecule has 6 nitrogen and oxygen atoms in total. The van der Waals surface area contributed by atoms with Crippen molar-refractivity contribution in [3.63, 3.8) is 0 Å². The average molecular weight is 735 g/mol. The lowest BCUT2D eigenvalue weighted by Crippen LogP contribution is -2.44. The van der Waals surface area contributed by atoms with Crippen LogP contribution in [0.3, 0.4) is 0 Å². The van der Waals surface area contributed by atoms with Gasteiger partial charge in [0.15, 0.2) is 0 Å². The number of nitrogens with two attached hydrogens (primary N) is 1. The van der Waals surface area contributed by atoms with Gasteiger partial charge in [-0.15, -0.1) is 0 Å². The van der Waals surface area contributed by atoms with Gasteiger partial charge in [0.2, 0.25) is 0 Å². The smallest absolute Gasteiger partial charge is 0.269 e. The molecule has 0 aliphatic heterocycles. The first kappa shape index (κ1) is 37.7. The van der Waals surface area contributed by atoms with Crippen molar-refractivity contribution in [1.29, 1.82) is 0 Å². The number of nitrogens with zero attached hydrogens (tertiary/aromatic N) is 1. The van der Waals surface area contributed by atoms with Crippen molar-refractivity contribution in [2.24, 2.45) is 5.84 Å². The number of amides is 2. The SMILES string of the molecule is NNC(=O)c1c(Cc2ccccc2)c(Cc2ccccc2)c(Cc2ccccc2)c(Cc2ccccc2)c1C(=O)N(Cc1ccccc1)NCc1ccccc1. The van der Waals surface area contributed by atoms with E-state index in [0.29, 0.717) is 43.4 Å². The third-order valence-electron chi connectivity index (χ3n) is 10.2. The van der Waals surface area contributed by atoms with Crippen LogP contribution in [0.15, 0.2) is 182 Å². The molecule has 7 rings (SSSR count). The number of nitrogen functional groups attached to an aromatic ring is 1. The molecule has 0 saturated carbocycles. The number of rotatable bonds is 15. The van der Waals surface area contributed by atoms with Crippen LogP contribution in [0.25, 0.3) is 0 Å². The Morgan fingerprint density at radius 1 is 0.411 bits per heavy atom. The van der Waals surface area contributed by atoms with Crippen molar-refractivity contribution in [3.05, 3.63) is 249 Å². The fraction of sp³-hybridized carbons (Fsp3) is 0.120. The lowest BCUT2D eigenvalue weighted by molar-refractivity contribution is 0.0628. The minimum absolute atomic E-state index is 0.273.